The third kappa shape index (κ3) is 5.01. The van der Waals surface area contributed by atoms with E-state index in [1.165, 1.54) is 25.9 Å². The standard InChI is InChI=1S/C15H32N2O2S/c1-5-16-14(10-9-13-20(18,19)6-2)15(3,4)17-11-7-8-12-17/h14,16H,5-13H2,1-4H3. The summed E-state index contributed by atoms with van der Waals surface area (Å²) in [6.07, 6.45) is 4.25. The minimum absolute atomic E-state index is 0.0997. The van der Waals surface area contributed by atoms with Crippen molar-refractivity contribution in [2.75, 3.05) is 31.1 Å². The van der Waals surface area contributed by atoms with Crippen LogP contribution in [0.4, 0.5) is 0 Å². The van der Waals surface area contributed by atoms with Crippen LogP contribution in [-0.2, 0) is 9.84 Å². The lowest BCUT2D eigenvalue weighted by atomic mass is 9.89. The lowest BCUT2D eigenvalue weighted by molar-refractivity contribution is 0.103. The summed E-state index contributed by atoms with van der Waals surface area (Å²) in [7, 11) is -2.84. The molecule has 0 radical (unpaired) electrons. The predicted molar refractivity (Wildman–Crippen MR) is 85.9 cm³/mol. The Labute approximate surface area is 125 Å². The van der Waals surface area contributed by atoms with Crippen LogP contribution in [0.2, 0.25) is 0 Å². The molecule has 1 heterocycles. The fourth-order valence-corrected chi connectivity index (χ4v) is 4.01. The predicted octanol–water partition coefficient (Wildman–Crippen LogP) is 2.05. The van der Waals surface area contributed by atoms with E-state index in [0.29, 0.717) is 11.8 Å². The van der Waals surface area contributed by atoms with Gasteiger partial charge in [-0.15, -0.1) is 0 Å². The number of likely N-dealkylation sites (N-methyl/N-ethyl adjacent to an activating group) is 1. The normalized spacial score (nSPS) is 19.4. The van der Waals surface area contributed by atoms with Crippen LogP contribution >= 0.6 is 0 Å². The summed E-state index contributed by atoms with van der Waals surface area (Å²) >= 11 is 0. The Hall–Kier alpha value is -0.130. The maximum Gasteiger partial charge on any atom is 0.150 e. The molecule has 1 atom stereocenters. The van der Waals surface area contributed by atoms with Gasteiger partial charge in [-0.05, 0) is 59.2 Å². The first-order valence-electron chi connectivity index (χ1n) is 8.02. The average molecular weight is 305 g/mol. The van der Waals surface area contributed by atoms with Gasteiger partial charge in [0.2, 0.25) is 0 Å². The SMILES string of the molecule is CCNC(CCCS(=O)(=O)CC)C(C)(C)N1CCCC1. The van der Waals surface area contributed by atoms with Crippen LogP contribution in [0, 0.1) is 0 Å². The van der Waals surface area contributed by atoms with E-state index >= 15 is 0 Å². The highest BCUT2D eigenvalue weighted by Gasteiger charge is 2.35. The van der Waals surface area contributed by atoms with Crippen molar-refractivity contribution in [2.45, 2.75) is 65.0 Å². The zero-order valence-electron chi connectivity index (χ0n) is 13.6. The Morgan fingerprint density at radius 2 is 1.80 bits per heavy atom. The van der Waals surface area contributed by atoms with Crippen molar-refractivity contribution in [3.05, 3.63) is 0 Å². The molecule has 0 aromatic heterocycles. The Kier molecular flexibility index (Phi) is 6.95. The van der Waals surface area contributed by atoms with Gasteiger partial charge in [-0.3, -0.25) is 4.90 Å². The molecule has 1 fully saturated rings. The fourth-order valence-electron chi connectivity index (χ4n) is 3.12. The zero-order chi connectivity index (χ0) is 15.2. The highest BCUT2D eigenvalue weighted by Crippen LogP contribution is 2.26. The molecular formula is C15H32N2O2S. The van der Waals surface area contributed by atoms with Gasteiger partial charge in [0, 0.05) is 17.3 Å². The van der Waals surface area contributed by atoms with Gasteiger partial charge in [0.15, 0.2) is 0 Å². The van der Waals surface area contributed by atoms with Crippen molar-refractivity contribution in [3.63, 3.8) is 0 Å². The lowest BCUT2D eigenvalue weighted by Gasteiger charge is -2.42. The number of nitrogens with one attached hydrogen (secondary N) is 1. The molecule has 120 valence electrons. The number of sulfone groups is 1. The first-order valence-corrected chi connectivity index (χ1v) is 9.84. The van der Waals surface area contributed by atoms with E-state index in [0.717, 1.165) is 19.4 Å². The minimum Gasteiger partial charge on any atom is -0.312 e. The van der Waals surface area contributed by atoms with E-state index in [-0.39, 0.29) is 11.3 Å². The maximum atomic E-state index is 11.6. The van der Waals surface area contributed by atoms with Gasteiger partial charge < -0.3 is 5.32 Å². The van der Waals surface area contributed by atoms with Crippen LogP contribution in [0.15, 0.2) is 0 Å². The first-order chi connectivity index (χ1) is 9.33. The number of hydrogen-bond acceptors (Lipinski definition) is 4. The summed E-state index contributed by atoms with van der Waals surface area (Å²) in [5, 5.41) is 3.57. The number of likely N-dealkylation sites (tertiary alicyclic amines) is 1. The Bertz CT molecular complexity index is 373. The summed E-state index contributed by atoms with van der Waals surface area (Å²) in [5.41, 5.74) is 0.0997. The summed E-state index contributed by atoms with van der Waals surface area (Å²) in [6.45, 7) is 11.7. The molecule has 0 bridgehead atoms. The lowest BCUT2D eigenvalue weighted by Crippen LogP contribution is -2.56. The quantitative estimate of drug-likeness (QED) is 0.708. The molecule has 1 unspecified atom stereocenters. The van der Waals surface area contributed by atoms with Gasteiger partial charge in [-0.1, -0.05) is 13.8 Å². The minimum atomic E-state index is -2.84. The molecule has 0 amide bonds. The van der Waals surface area contributed by atoms with Crippen molar-refractivity contribution >= 4 is 9.84 Å². The molecule has 1 saturated heterocycles. The number of rotatable bonds is 9. The molecule has 5 heteroatoms. The third-order valence-electron chi connectivity index (χ3n) is 4.61. The van der Waals surface area contributed by atoms with E-state index in [2.05, 4.69) is 31.0 Å². The van der Waals surface area contributed by atoms with Crippen molar-refractivity contribution in [2.24, 2.45) is 0 Å². The smallest absolute Gasteiger partial charge is 0.150 e. The molecule has 0 spiro atoms. The van der Waals surface area contributed by atoms with Crippen LogP contribution in [0.3, 0.4) is 0 Å². The van der Waals surface area contributed by atoms with Gasteiger partial charge in [0.1, 0.15) is 9.84 Å². The Balaban J connectivity index is 2.58. The second-order valence-corrected chi connectivity index (χ2v) is 8.81. The summed E-state index contributed by atoms with van der Waals surface area (Å²) in [6, 6.07) is 0.359. The molecule has 1 N–H and O–H groups in total. The van der Waals surface area contributed by atoms with Gasteiger partial charge in [0.25, 0.3) is 0 Å². The topological polar surface area (TPSA) is 49.4 Å². The molecule has 20 heavy (non-hydrogen) atoms. The second kappa shape index (κ2) is 7.76. The van der Waals surface area contributed by atoms with Crippen molar-refractivity contribution < 1.29 is 8.42 Å². The van der Waals surface area contributed by atoms with E-state index < -0.39 is 9.84 Å². The summed E-state index contributed by atoms with van der Waals surface area (Å²) in [4.78, 5) is 2.55. The molecule has 1 aliphatic rings. The first kappa shape index (κ1) is 17.9. The molecule has 1 aliphatic heterocycles. The molecule has 1 rings (SSSR count). The van der Waals surface area contributed by atoms with Crippen LogP contribution in [0.1, 0.15) is 53.4 Å². The van der Waals surface area contributed by atoms with Crippen LogP contribution in [0.5, 0.6) is 0 Å². The highest BCUT2D eigenvalue weighted by molar-refractivity contribution is 7.91. The van der Waals surface area contributed by atoms with E-state index in [9.17, 15) is 8.42 Å². The Morgan fingerprint density at radius 3 is 2.30 bits per heavy atom. The van der Waals surface area contributed by atoms with Gasteiger partial charge in [-0.2, -0.15) is 0 Å². The molecule has 0 aromatic carbocycles. The number of nitrogens with zero attached hydrogens (tertiary/aromatic N) is 1. The van der Waals surface area contributed by atoms with Crippen LogP contribution in [-0.4, -0.2) is 56.0 Å². The molecule has 0 aromatic rings. The molecule has 4 nitrogen and oxygen atoms in total. The largest absolute Gasteiger partial charge is 0.312 e. The summed E-state index contributed by atoms with van der Waals surface area (Å²) in [5.74, 6) is 0.579. The third-order valence-corrected chi connectivity index (χ3v) is 6.40. The fraction of sp³-hybridized carbons (Fsp3) is 1.00. The van der Waals surface area contributed by atoms with Gasteiger partial charge in [-0.25, -0.2) is 8.42 Å². The van der Waals surface area contributed by atoms with Crippen LogP contribution in [0.25, 0.3) is 0 Å². The van der Waals surface area contributed by atoms with Crippen molar-refractivity contribution in [1.29, 1.82) is 0 Å². The highest BCUT2D eigenvalue weighted by atomic mass is 32.2. The van der Waals surface area contributed by atoms with Crippen molar-refractivity contribution in [1.82, 2.24) is 10.2 Å². The monoisotopic (exact) mass is 304 g/mol. The van der Waals surface area contributed by atoms with E-state index in [4.69, 9.17) is 0 Å². The van der Waals surface area contributed by atoms with Crippen LogP contribution < -0.4 is 5.32 Å². The molecule has 0 saturated carbocycles. The van der Waals surface area contributed by atoms with E-state index in [1.807, 2.05) is 0 Å². The maximum absolute atomic E-state index is 11.6. The van der Waals surface area contributed by atoms with Crippen molar-refractivity contribution in [3.8, 4) is 0 Å². The second-order valence-electron chi connectivity index (χ2n) is 6.34. The molecule has 0 aliphatic carbocycles. The zero-order valence-corrected chi connectivity index (χ0v) is 14.4. The molecular weight excluding hydrogens is 272 g/mol. The van der Waals surface area contributed by atoms with E-state index in [1.54, 1.807) is 6.92 Å². The van der Waals surface area contributed by atoms with Gasteiger partial charge >= 0.3 is 0 Å². The average Bonchev–Trinajstić information content (AvgIpc) is 2.92. The van der Waals surface area contributed by atoms with Gasteiger partial charge in [0.05, 0.1) is 5.75 Å². The number of hydrogen-bond donors (Lipinski definition) is 1. The summed E-state index contributed by atoms with van der Waals surface area (Å²) < 4.78 is 23.2. The Morgan fingerprint density at radius 1 is 1.20 bits per heavy atom.